The van der Waals surface area contributed by atoms with Crippen LogP contribution in [0.3, 0.4) is 0 Å². The van der Waals surface area contributed by atoms with Gasteiger partial charge in [0, 0.05) is 54.6 Å². The number of fused-ring (bicyclic) bond motifs is 1. The van der Waals surface area contributed by atoms with Crippen LogP contribution in [0.25, 0.3) is 22.2 Å². The van der Waals surface area contributed by atoms with Gasteiger partial charge in [-0.05, 0) is 56.9 Å². The molecular weight excluding hydrogens is 719 g/mol. The summed E-state index contributed by atoms with van der Waals surface area (Å²) in [5.74, 6) is 1.07. The predicted molar refractivity (Wildman–Crippen MR) is 209 cm³/mol. The second kappa shape index (κ2) is 16.6. The van der Waals surface area contributed by atoms with Gasteiger partial charge in [0.25, 0.3) is 5.56 Å². The summed E-state index contributed by atoms with van der Waals surface area (Å²) in [6.45, 7) is 5.43. The van der Waals surface area contributed by atoms with Gasteiger partial charge in [-0.1, -0.05) is 41.4 Å². The lowest BCUT2D eigenvalue weighted by Crippen LogP contribution is -2.36. The molecule has 1 saturated heterocycles. The van der Waals surface area contributed by atoms with E-state index in [4.69, 9.17) is 42.4 Å². The summed E-state index contributed by atoms with van der Waals surface area (Å²) < 4.78 is 18.0. The highest BCUT2D eigenvalue weighted by molar-refractivity contribution is 6.41. The van der Waals surface area contributed by atoms with Crippen LogP contribution < -0.4 is 30.6 Å². The molecule has 1 fully saturated rings. The van der Waals surface area contributed by atoms with Crippen LogP contribution in [0.15, 0.2) is 77.9 Å². The summed E-state index contributed by atoms with van der Waals surface area (Å²) in [4.78, 5) is 45.6. The van der Waals surface area contributed by atoms with E-state index in [0.717, 1.165) is 24.3 Å². The number of pyridine rings is 2. The number of carbonyl (C=O) groups is 1. The molecule has 1 unspecified atom stereocenters. The Labute approximate surface area is 317 Å². The number of hydrogen-bond donors (Lipinski definition) is 2. The van der Waals surface area contributed by atoms with Crippen LogP contribution in [-0.4, -0.2) is 91.5 Å². The average Bonchev–Trinajstić information content (AvgIpc) is 3.15. The van der Waals surface area contributed by atoms with Gasteiger partial charge in [-0.2, -0.15) is 4.98 Å². The van der Waals surface area contributed by atoms with E-state index < -0.39 is 11.6 Å². The zero-order valence-corrected chi connectivity index (χ0v) is 31.5. The Morgan fingerprint density at radius 3 is 2.42 bits per heavy atom. The molecule has 1 atom stereocenters. The highest BCUT2D eigenvalue weighted by Gasteiger charge is 2.25. The van der Waals surface area contributed by atoms with Crippen molar-refractivity contribution in [3.05, 3.63) is 99.0 Å². The lowest BCUT2D eigenvalue weighted by Gasteiger charge is -2.28. The van der Waals surface area contributed by atoms with Crippen molar-refractivity contribution in [2.45, 2.75) is 13.0 Å². The van der Waals surface area contributed by atoms with Gasteiger partial charge >= 0.3 is 0 Å². The fourth-order valence-corrected chi connectivity index (χ4v) is 6.71. The number of nitrogens with zero attached hydrogens (tertiary/aromatic N) is 6. The highest BCUT2D eigenvalue weighted by Crippen LogP contribution is 2.45. The van der Waals surface area contributed by atoms with E-state index in [2.05, 4.69) is 25.5 Å². The fraction of sp³-hybridized carbons (Fsp3) is 0.289. The van der Waals surface area contributed by atoms with E-state index in [1.54, 1.807) is 41.2 Å². The summed E-state index contributed by atoms with van der Waals surface area (Å²) in [6, 6.07) is 13.8. The van der Waals surface area contributed by atoms with Gasteiger partial charge in [0.2, 0.25) is 11.9 Å². The standard InChI is InChI=1S/C38H40Cl2N8O5/c1-23(24-8-6-9-26(18-24)43-32(49)10-7-13-46(2)3)48-36-25(19-28(37(48)50)33-34(39)29(51-4)20-30(52-5)35(33)40)21-42-38(45-36)44-31-12-11-27(22-41-31)47-14-16-53-17-15-47/h6-12,18-23H,13-17H2,1-5H3,(H,43,49)(H,41,42,44,45)/b10-7+. The number of rotatable bonds is 12. The summed E-state index contributed by atoms with van der Waals surface area (Å²) in [5, 5.41) is 6.91. The largest absolute Gasteiger partial charge is 0.495 e. The predicted octanol–water partition coefficient (Wildman–Crippen LogP) is 6.42. The molecule has 0 aliphatic carbocycles. The Balaban J connectivity index is 1.44. The van der Waals surface area contributed by atoms with Crippen molar-refractivity contribution >= 4 is 63.3 Å². The summed E-state index contributed by atoms with van der Waals surface area (Å²) >= 11 is 13.7. The Kier molecular flexibility index (Phi) is 11.8. The number of benzene rings is 2. The van der Waals surface area contributed by atoms with E-state index in [-0.39, 0.29) is 44.5 Å². The lowest BCUT2D eigenvalue weighted by atomic mass is 10.0. The molecule has 2 N–H and O–H groups in total. The van der Waals surface area contributed by atoms with E-state index >= 15 is 0 Å². The number of carbonyl (C=O) groups excluding carboxylic acids is 1. The molecule has 13 nitrogen and oxygen atoms in total. The molecular formula is C38H40Cl2N8O5. The lowest BCUT2D eigenvalue weighted by molar-refractivity contribution is -0.111. The second-order valence-corrected chi connectivity index (χ2v) is 13.3. The van der Waals surface area contributed by atoms with Crippen LogP contribution >= 0.6 is 23.2 Å². The van der Waals surface area contributed by atoms with Gasteiger partial charge in [0.05, 0.1) is 61.0 Å². The van der Waals surface area contributed by atoms with Gasteiger partial charge in [0.1, 0.15) is 23.0 Å². The van der Waals surface area contributed by atoms with Crippen LogP contribution in [0.4, 0.5) is 23.1 Å². The maximum Gasteiger partial charge on any atom is 0.260 e. The molecule has 276 valence electrons. The molecule has 5 aromatic rings. The van der Waals surface area contributed by atoms with Crippen LogP contribution in [0.1, 0.15) is 18.5 Å². The smallest absolute Gasteiger partial charge is 0.260 e. The Morgan fingerprint density at radius 2 is 1.75 bits per heavy atom. The first-order chi connectivity index (χ1) is 25.6. The van der Waals surface area contributed by atoms with E-state index in [1.165, 1.54) is 20.3 Å². The minimum atomic E-state index is -0.593. The van der Waals surface area contributed by atoms with Gasteiger partial charge in [0.15, 0.2) is 0 Å². The number of nitrogens with one attached hydrogen (secondary N) is 2. The maximum atomic E-state index is 14.8. The number of amides is 1. The van der Waals surface area contributed by atoms with Gasteiger partial charge < -0.3 is 34.6 Å². The minimum Gasteiger partial charge on any atom is -0.495 e. The Morgan fingerprint density at radius 1 is 1.02 bits per heavy atom. The van der Waals surface area contributed by atoms with Gasteiger partial charge in [-0.3, -0.25) is 14.2 Å². The molecule has 1 aliphatic heterocycles. The molecule has 0 radical (unpaired) electrons. The fourth-order valence-electron chi connectivity index (χ4n) is 6.00. The van der Waals surface area contributed by atoms with Crippen LogP contribution in [0, 0.1) is 0 Å². The molecule has 6 rings (SSSR count). The normalized spacial score (nSPS) is 13.8. The summed E-state index contributed by atoms with van der Waals surface area (Å²) in [5.41, 5.74) is 2.64. The van der Waals surface area contributed by atoms with Crippen LogP contribution in [-0.2, 0) is 9.53 Å². The first-order valence-corrected chi connectivity index (χ1v) is 17.6. The number of aromatic nitrogens is 4. The van der Waals surface area contributed by atoms with Gasteiger partial charge in [-0.25, -0.2) is 9.97 Å². The third-order valence-electron chi connectivity index (χ3n) is 8.74. The zero-order chi connectivity index (χ0) is 37.6. The number of ether oxygens (including phenoxy) is 3. The Bertz CT molecular complexity index is 2180. The molecule has 2 aromatic carbocycles. The minimum absolute atomic E-state index is 0.145. The molecule has 4 heterocycles. The zero-order valence-electron chi connectivity index (χ0n) is 30.0. The van der Waals surface area contributed by atoms with Crippen molar-refractivity contribution in [1.82, 2.24) is 24.4 Å². The molecule has 0 bridgehead atoms. The number of methoxy groups -OCH3 is 2. The molecule has 1 amide bonds. The van der Waals surface area contributed by atoms with Crippen molar-refractivity contribution in [2.24, 2.45) is 0 Å². The summed E-state index contributed by atoms with van der Waals surface area (Å²) in [7, 11) is 6.78. The first-order valence-electron chi connectivity index (χ1n) is 16.9. The van der Waals surface area contributed by atoms with Crippen molar-refractivity contribution in [3.63, 3.8) is 0 Å². The quantitative estimate of drug-likeness (QED) is 0.136. The third kappa shape index (κ3) is 8.39. The van der Waals surface area contributed by atoms with Crippen molar-refractivity contribution in [3.8, 4) is 22.6 Å². The molecule has 1 aliphatic rings. The number of anilines is 4. The third-order valence-corrected chi connectivity index (χ3v) is 9.49. The van der Waals surface area contributed by atoms with Crippen molar-refractivity contribution in [2.75, 3.05) is 76.7 Å². The highest BCUT2D eigenvalue weighted by atomic mass is 35.5. The van der Waals surface area contributed by atoms with E-state index in [9.17, 15) is 9.59 Å². The number of halogens is 2. The van der Waals surface area contributed by atoms with Gasteiger partial charge in [-0.15, -0.1) is 0 Å². The molecule has 53 heavy (non-hydrogen) atoms. The topological polar surface area (TPSA) is 136 Å². The monoisotopic (exact) mass is 758 g/mol. The molecule has 0 spiro atoms. The molecule has 15 heteroatoms. The SMILES string of the molecule is COc1cc(OC)c(Cl)c(-c2cc3cnc(Nc4ccc(N5CCOCC5)cn4)nc3n(C(C)c3cccc(NC(=O)/C=C/CN(C)C)c3)c2=O)c1Cl. The van der Waals surface area contributed by atoms with Crippen LogP contribution in [0.2, 0.25) is 10.0 Å². The van der Waals surface area contributed by atoms with Crippen LogP contribution in [0.5, 0.6) is 11.5 Å². The number of morpholine rings is 1. The number of hydrogen-bond acceptors (Lipinski definition) is 11. The average molecular weight is 760 g/mol. The maximum absolute atomic E-state index is 14.8. The van der Waals surface area contributed by atoms with E-state index in [0.29, 0.717) is 42.3 Å². The Hall–Kier alpha value is -5.21. The van der Waals surface area contributed by atoms with Crippen molar-refractivity contribution < 1.29 is 19.0 Å². The van der Waals surface area contributed by atoms with E-state index in [1.807, 2.05) is 56.3 Å². The van der Waals surface area contributed by atoms with Crippen molar-refractivity contribution in [1.29, 1.82) is 0 Å². The molecule has 0 saturated carbocycles. The summed E-state index contributed by atoms with van der Waals surface area (Å²) in [6.07, 6.45) is 6.68. The molecule has 3 aromatic heterocycles. The first kappa shape index (κ1) is 37.5. The number of likely N-dealkylation sites (N-methyl/N-ethyl adjacent to an activating group) is 1. The second-order valence-electron chi connectivity index (χ2n) is 12.6.